The standard InChI is InChI=1S/C13H9N3O/c1-3-10-5-4-6-11(7-10)13(17)16-12-8-14-9(2)15-12/h1,4-8H,2H3/p+1. The van der Waals surface area contributed by atoms with Gasteiger partial charge in [-0.25, -0.2) is 4.67 Å². The number of amidine groups is 2. The summed E-state index contributed by atoms with van der Waals surface area (Å²) in [4.78, 5) is 15.9. The molecule has 0 saturated carbocycles. The maximum atomic E-state index is 11.8. The van der Waals surface area contributed by atoms with Gasteiger partial charge in [0.25, 0.3) is 12.1 Å². The molecule has 4 heteroatoms. The number of carbonyl (C=O) groups is 1. The van der Waals surface area contributed by atoms with Crippen molar-refractivity contribution >= 4 is 23.8 Å². The van der Waals surface area contributed by atoms with Crippen LogP contribution in [0.25, 0.3) is 0 Å². The fourth-order valence-electron chi connectivity index (χ4n) is 1.39. The summed E-state index contributed by atoms with van der Waals surface area (Å²) in [6.07, 6.45) is 6.78. The van der Waals surface area contributed by atoms with Gasteiger partial charge in [0, 0.05) is 11.1 Å². The molecule has 0 aromatic heterocycles. The Morgan fingerprint density at radius 3 is 3.00 bits per heavy atom. The smallest absolute Gasteiger partial charge is 0.281 e. The predicted octanol–water partition coefficient (Wildman–Crippen LogP) is 0.366. The van der Waals surface area contributed by atoms with Gasteiger partial charge in [-0.05, 0) is 23.2 Å². The highest BCUT2D eigenvalue weighted by atomic mass is 16.1. The molecule has 82 valence electrons. The van der Waals surface area contributed by atoms with Crippen LogP contribution in [0.4, 0.5) is 0 Å². The molecule has 1 aromatic carbocycles. The van der Waals surface area contributed by atoms with Gasteiger partial charge < -0.3 is 0 Å². The minimum absolute atomic E-state index is 0.248. The SMILES string of the molecule is C#Cc1cccc(C(=O)NC2=NC(C)=[N+]=C2)c1. The lowest BCUT2D eigenvalue weighted by Gasteiger charge is -2.00. The molecule has 1 aliphatic rings. The monoisotopic (exact) mass is 224 g/mol. The summed E-state index contributed by atoms with van der Waals surface area (Å²) in [5, 5.41) is 2.65. The van der Waals surface area contributed by atoms with Crippen LogP contribution < -0.4 is 9.98 Å². The third kappa shape index (κ3) is 2.49. The van der Waals surface area contributed by atoms with E-state index < -0.39 is 0 Å². The van der Waals surface area contributed by atoms with Crippen LogP contribution in [0.5, 0.6) is 0 Å². The van der Waals surface area contributed by atoms with Crippen LogP contribution in [-0.2, 0) is 0 Å². The highest BCUT2D eigenvalue weighted by Crippen LogP contribution is 2.03. The zero-order valence-electron chi connectivity index (χ0n) is 9.27. The molecule has 17 heavy (non-hydrogen) atoms. The van der Waals surface area contributed by atoms with Gasteiger partial charge in [0.1, 0.15) is 0 Å². The number of hydrogen-bond donors (Lipinski definition) is 1. The van der Waals surface area contributed by atoms with Gasteiger partial charge in [0.15, 0.2) is 0 Å². The van der Waals surface area contributed by atoms with Gasteiger partial charge in [-0.1, -0.05) is 12.0 Å². The van der Waals surface area contributed by atoms with Crippen LogP contribution in [0, 0.1) is 12.3 Å². The van der Waals surface area contributed by atoms with E-state index >= 15 is 0 Å². The van der Waals surface area contributed by atoms with Crippen molar-refractivity contribution in [2.45, 2.75) is 6.92 Å². The molecule has 0 atom stereocenters. The van der Waals surface area contributed by atoms with Crippen molar-refractivity contribution in [3.05, 3.63) is 35.4 Å². The number of aliphatic imine (C=N–C) groups is 1. The summed E-state index contributed by atoms with van der Waals surface area (Å²) in [6.45, 7) is 1.76. The van der Waals surface area contributed by atoms with Crippen molar-refractivity contribution in [2.75, 3.05) is 0 Å². The number of nitrogens with one attached hydrogen (secondary N) is 1. The molecule has 0 unspecified atom stereocenters. The van der Waals surface area contributed by atoms with Crippen LogP contribution in [0.3, 0.4) is 0 Å². The third-order valence-corrected chi connectivity index (χ3v) is 2.19. The van der Waals surface area contributed by atoms with Gasteiger partial charge in [-0.2, -0.15) is 0 Å². The third-order valence-electron chi connectivity index (χ3n) is 2.19. The molecule has 0 bridgehead atoms. The van der Waals surface area contributed by atoms with Gasteiger partial charge in [-0.15, -0.1) is 6.42 Å². The Morgan fingerprint density at radius 2 is 2.35 bits per heavy atom. The molecule has 1 N–H and O–H groups in total. The first-order valence-electron chi connectivity index (χ1n) is 5.03. The summed E-state index contributed by atoms with van der Waals surface area (Å²) in [6, 6.07) is 6.85. The quantitative estimate of drug-likeness (QED) is 0.543. The van der Waals surface area contributed by atoms with E-state index in [0.717, 1.165) is 0 Å². The number of carbonyl (C=O) groups excluding carboxylic acids is 1. The predicted molar refractivity (Wildman–Crippen MR) is 68.2 cm³/mol. The molecule has 1 amide bonds. The van der Waals surface area contributed by atoms with Gasteiger partial charge >= 0.3 is 11.7 Å². The van der Waals surface area contributed by atoms with Crippen molar-refractivity contribution in [1.82, 2.24) is 9.98 Å². The molecular weight excluding hydrogens is 214 g/mol. The van der Waals surface area contributed by atoms with Crippen molar-refractivity contribution < 1.29 is 4.79 Å². The Balaban J connectivity index is 2.14. The molecule has 0 saturated heterocycles. The van der Waals surface area contributed by atoms with E-state index in [4.69, 9.17) is 6.42 Å². The molecule has 0 fully saturated rings. The minimum atomic E-state index is -0.248. The Bertz CT molecular complexity index is 614. The maximum Gasteiger partial charge on any atom is 0.389 e. The van der Waals surface area contributed by atoms with Crippen molar-refractivity contribution in [3.8, 4) is 12.3 Å². The zero-order chi connectivity index (χ0) is 12.3. The molecule has 0 radical (unpaired) electrons. The first-order valence-corrected chi connectivity index (χ1v) is 5.03. The number of benzene rings is 1. The molecule has 0 spiro atoms. The second-order valence-corrected chi connectivity index (χ2v) is 3.48. The van der Waals surface area contributed by atoms with Crippen LogP contribution in [-0.4, -0.2) is 23.8 Å². The molecule has 2 rings (SSSR count). The number of nitrogens with zero attached hydrogens (tertiary/aromatic N) is 2. The number of hydrogen-bond acceptors (Lipinski definition) is 2. The Kier molecular flexibility index (Phi) is 2.87. The Morgan fingerprint density at radius 1 is 1.53 bits per heavy atom. The summed E-state index contributed by atoms with van der Waals surface area (Å²) < 4.78 is 3.94. The van der Waals surface area contributed by atoms with E-state index in [1.54, 1.807) is 31.2 Å². The summed E-state index contributed by atoms with van der Waals surface area (Å²) in [7, 11) is 0. The number of amides is 1. The Labute approximate surface area is 98.8 Å². The fourth-order valence-corrected chi connectivity index (χ4v) is 1.39. The zero-order valence-corrected chi connectivity index (χ0v) is 9.27. The summed E-state index contributed by atoms with van der Waals surface area (Å²) >= 11 is 0. The van der Waals surface area contributed by atoms with Crippen LogP contribution in [0.1, 0.15) is 22.8 Å². The van der Waals surface area contributed by atoms with Crippen molar-refractivity contribution in [2.24, 2.45) is 4.99 Å². The second kappa shape index (κ2) is 4.48. The van der Waals surface area contributed by atoms with Crippen molar-refractivity contribution in [3.63, 3.8) is 0 Å². The first-order chi connectivity index (χ1) is 8.19. The lowest BCUT2D eigenvalue weighted by molar-refractivity contribution is 0.0977. The first kappa shape index (κ1) is 10.9. The number of terminal acetylenes is 1. The molecule has 1 aromatic rings. The average molecular weight is 224 g/mol. The average Bonchev–Trinajstić information content (AvgIpc) is 2.75. The summed E-state index contributed by atoms with van der Waals surface area (Å²) in [5.41, 5.74) is 1.17. The van der Waals surface area contributed by atoms with Crippen molar-refractivity contribution in [1.29, 1.82) is 0 Å². The van der Waals surface area contributed by atoms with Crippen LogP contribution in [0.2, 0.25) is 0 Å². The highest BCUT2D eigenvalue weighted by Gasteiger charge is 2.18. The molecule has 4 nitrogen and oxygen atoms in total. The topological polar surface area (TPSA) is 55.6 Å². The molecule has 1 aliphatic heterocycles. The maximum absolute atomic E-state index is 11.8. The lowest BCUT2D eigenvalue weighted by atomic mass is 10.1. The minimum Gasteiger partial charge on any atom is -0.281 e. The fraction of sp³-hybridized carbons (Fsp3) is 0.0769. The van der Waals surface area contributed by atoms with Crippen LogP contribution in [0.15, 0.2) is 29.3 Å². The largest absolute Gasteiger partial charge is 0.389 e. The van der Waals surface area contributed by atoms with E-state index in [9.17, 15) is 4.79 Å². The van der Waals surface area contributed by atoms with E-state index in [1.165, 1.54) is 6.21 Å². The molecule has 1 heterocycles. The molecule has 0 aliphatic carbocycles. The van der Waals surface area contributed by atoms with E-state index in [0.29, 0.717) is 22.8 Å². The number of rotatable bonds is 1. The van der Waals surface area contributed by atoms with Gasteiger partial charge in [-0.3, -0.25) is 10.1 Å². The van der Waals surface area contributed by atoms with Crippen LogP contribution >= 0.6 is 0 Å². The Hall–Kier alpha value is -2.63. The van der Waals surface area contributed by atoms with Gasteiger partial charge in [0.2, 0.25) is 0 Å². The normalized spacial score (nSPS) is 12.7. The molecular formula is C13H10N3O+. The van der Waals surface area contributed by atoms with Gasteiger partial charge in [0.05, 0.1) is 6.92 Å². The second-order valence-electron chi connectivity index (χ2n) is 3.48. The summed E-state index contributed by atoms with van der Waals surface area (Å²) in [5.74, 6) is 3.30. The highest BCUT2D eigenvalue weighted by molar-refractivity contribution is 6.37. The lowest BCUT2D eigenvalue weighted by Crippen LogP contribution is -2.31. The van der Waals surface area contributed by atoms with E-state index in [-0.39, 0.29) is 5.91 Å². The van der Waals surface area contributed by atoms with E-state index in [1.807, 2.05) is 0 Å². The van der Waals surface area contributed by atoms with E-state index in [2.05, 4.69) is 20.9 Å².